The van der Waals surface area contributed by atoms with Crippen molar-refractivity contribution in [1.82, 2.24) is 0 Å². The quantitative estimate of drug-likeness (QED) is 0.723. The number of carbonyl (C=O) groups is 1. The average Bonchev–Trinajstić information content (AvgIpc) is 2.61. The van der Waals surface area contributed by atoms with E-state index in [1.807, 2.05) is 0 Å². The van der Waals surface area contributed by atoms with Gasteiger partial charge in [-0.1, -0.05) is 6.07 Å². The van der Waals surface area contributed by atoms with Crippen molar-refractivity contribution in [2.24, 2.45) is 0 Å². The van der Waals surface area contributed by atoms with E-state index in [4.69, 9.17) is 9.47 Å². The maximum absolute atomic E-state index is 12.4. The molecule has 8 heteroatoms. The van der Waals surface area contributed by atoms with E-state index in [0.29, 0.717) is 17.2 Å². The van der Waals surface area contributed by atoms with Gasteiger partial charge < -0.3 is 14.2 Å². The van der Waals surface area contributed by atoms with Gasteiger partial charge >= 0.3 is 5.97 Å². The topological polar surface area (TPSA) is 90.9 Å². The van der Waals surface area contributed by atoms with Crippen molar-refractivity contribution in [3.63, 3.8) is 0 Å². The molecule has 0 heterocycles. The number of sulfonamides is 1. The molecule has 0 aromatic heterocycles. The second-order valence-electron chi connectivity index (χ2n) is 4.98. The fourth-order valence-electron chi connectivity index (χ4n) is 1.97. The van der Waals surface area contributed by atoms with E-state index in [1.165, 1.54) is 38.5 Å². The van der Waals surface area contributed by atoms with Crippen LogP contribution in [0.3, 0.4) is 0 Å². The molecular weight excluding hydrogens is 346 g/mol. The summed E-state index contributed by atoms with van der Waals surface area (Å²) >= 11 is 0. The smallest absolute Gasteiger partial charge is 0.308 e. The average molecular weight is 365 g/mol. The molecule has 0 aliphatic carbocycles. The first-order valence-electron chi connectivity index (χ1n) is 7.41. The number of hydrogen-bond acceptors (Lipinski definition) is 6. The van der Waals surface area contributed by atoms with Crippen molar-refractivity contribution >= 4 is 21.7 Å². The predicted molar refractivity (Wildman–Crippen MR) is 92.4 cm³/mol. The van der Waals surface area contributed by atoms with Crippen LogP contribution in [0.25, 0.3) is 0 Å². The van der Waals surface area contributed by atoms with Gasteiger partial charge in [-0.25, -0.2) is 8.42 Å². The third kappa shape index (κ3) is 5.39. The zero-order chi connectivity index (χ0) is 18.3. The van der Waals surface area contributed by atoms with Crippen LogP contribution in [0.1, 0.15) is 6.42 Å². The fraction of sp³-hybridized carbons (Fsp3) is 0.235. The largest absolute Gasteiger partial charge is 0.497 e. The molecule has 1 N–H and O–H groups in total. The molecule has 0 atom stereocenters. The van der Waals surface area contributed by atoms with Gasteiger partial charge in [0, 0.05) is 6.07 Å². The second kappa shape index (κ2) is 8.39. The van der Waals surface area contributed by atoms with Crippen LogP contribution in [0.2, 0.25) is 0 Å². The number of anilines is 1. The van der Waals surface area contributed by atoms with Crippen LogP contribution in [0.5, 0.6) is 11.5 Å². The van der Waals surface area contributed by atoms with Crippen LogP contribution in [0, 0.1) is 0 Å². The van der Waals surface area contributed by atoms with E-state index in [9.17, 15) is 13.2 Å². The summed E-state index contributed by atoms with van der Waals surface area (Å²) in [6, 6.07) is 12.5. The lowest BCUT2D eigenvalue weighted by molar-refractivity contribution is -0.141. The first-order chi connectivity index (χ1) is 11.9. The molecule has 134 valence electrons. The van der Waals surface area contributed by atoms with Gasteiger partial charge in [-0.05, 0) is 36.4 Å². The number of carbonyl (C=O) groups excluding carboxylic acids is 1. The molecule has 0 amide bonds. The van der Waals surface area contributed by atoms with Gasteiger partial charge in [-0.2, -0.15) is 0 Å². The third-order valence-electron chi connectivity index (χ3n) is 3.26. The standard InChI is InChI=1S/C17H19NO6S/c1-22-15-5-3-4-13(12-15)18-25(20,21)16-8-6-14(7-9-16)24-11-10-17(19)23-2/h3-9,12,18H,10-11H2,1-2H3. The van der Waals surface area contributed by atoms with Crippen LogP contribution < -0.4 is 14.2 Å². The van der Waals surface area contributed by atoms with E-state index in [1.54, 1.807) is 24.3 Å². The molecule has 0 aliphatic heterocycles. The highest BCUT2D eigenvalue weighted by atomic mass is 32.2. The molecule has 2 rings (SSSR count). The number of nitrogens with one attached hydrogen (secondary N) is 1. The predicted octanol–water partition coefficient (Wildman–Crippen LogP) is 2.44. The Hall–Kier alpha value is -2.74. The minimum absolute atomic E-state index is 0.0932. The van der Waals surface area contributed by atoms with Crippen molar-refractivity contribution < 1.29 is 27.4 Å². The lowest BCUT2D eigenvalue weighted by atomic mass is 10.3. The minimum atomic E-state index is -3.73. The summed E-state index contributed by atoms with van der Waals surface area (Å²) in [5.74, 6) is 0.639. The Kier molecular flexibility index (Phi) is 6.24. The normalized spacial score (nSPS) is 10.8. The fourth-order valence-corrected chi connectivity index (χ4v) is 3.02. The molecule has 2 aromatic carbocycles. The second-order valence-corrected chi connectivity index (χ2v) is 6.67. The van der Waals surface area contributed by atoms with Crippen molar-refractivity contribution in [2.45, 2.75) is 11.3 Å². The number of esters is 1. The van der Waals surface area contributed by atoms with Crippen LogP contribution >= 0.6 is 0 Å². The van der Waals surface area contributed by atoms with Gasteiger partial charge in [0.15, 0.2) is 0 Å². The number of benzene rings is 2. The van der Waals surface area contributed by atoms with Crippen molar-refractivity contribution in [1.29, 1.82) is 0 Å². The maximum atomic E-state index is 12.4. The first-order valence-corrected chi connectivity index (χ1v) is 8.89. The van der Waals surface area contributed by atoms with Crippen molar-refractivity contribution in [3.8, 4) is 11.5 Å². The zero-order valence-corrected chi connectivity index (χ0v) is 14.7. The Morgan fingerprint density at radius 2 is 1.76 bits per heavy atom. The van der Waals surface area contributed by atoms with Crippen LogP contribution in [0.4, 0.5) is 5.69 Å². The Bertz CT molecular complexity index is 817. The van der Waals surface area contributed by atoms with E-state index in [-0.39, 0.29) is 23.9 Å². The molecule has 7 nitrogen and oxygen atoms in total. The summed E-state index contributed by atoms with van der Waals surface area (Å²) < 4.78 is 42.2. The summed E-state index contributed by atoms with van der Waals surface area (Å²) in [4.78, 5) is 11.1. The van der Waals surface area contributed by atoms with Gasteiger partial charge in [0.25, 0.3) is 10.0 Å². The summed E-state index contributed by atoms with van der Waals surface area (Å²) in [7, 11) is -0.919. The number of hydrogen-bond donors (Lipinski definition) is 1. The number of rotatable bonds is 8. The Balaban J connectivity index is 2.03. The molecule has 0 aliphatic rings. The summed E-state index contributed by atoms with van der Waals surface area (Å²) in [5.41, 5.74) is 0.401. The molecule has 25 heavy (non-hydrogen) atoms. The molecule has 0 spiro atoms. The van der Waals surface area contributed by atoms with E-state index in [2.05, 4.69) is 9.46 Å². The molecule has 0 radical (unpaired) electrons. The monoisotopic (exact) mass is 365 g/mol. The molecular formula is C17H19NO6S. The Morgan fingerprint density at radius 3 is 2.40 bits per heavy atom. The van der Waals surface area contributed by atoms with Gasteiger partial charge in [0.1, 0.15) is 11.5 Å². The van der Waals surface area contributed by atoms with Crippen LogP contribution in [-0.2, 0) is 19.6 Å². The number of ether oxygens (including phenoxy) is 3. The van der Waals surface area contributed by atoms with Crippen LogP contribution in [-0.4, -0.2) is 35.2 Å². The van der Waals surface area contributed by atoms with Crippen LogP contribution in [0.15, 0.2) is 53.4 Å². The highest BCUT2D eigenvalue weighted by molar-refractivity contribution is 7.92. The van der Waals surface area contributed by atoms with Gasteiger partial charge in [0.05, 0.1) is 37.8 Å². The summed E-state index contributed by atoms with van der Waals surface area (Å²) in [5, 5.41) is 0. The lowest BCUT2D eigenvalue weighted by Crippen LogP contribution is -2.13. The minimum Gasteiger partial charge on any atom is -0.497 e. The van der Waals surface area contributed by atoms with E-state index >= 15 is 0 Å². The Morgan fingerprint density at radius 1 is 1.04 bits per heavy atom. The highest BCUT2D eigenvalue weighted by Crippen LogP contribution is 2.22. The van der Waals surface area contributed by atoms with E-state index in [0.717, 1.165) is 0 Å². The zero-order valence-electron chi connectivity index (χ0n) is 13.9. The highest BCUT2D eigenvalue weighted by Gasteiger charge is 2.14. The SMILES string of the molecule is COC(=O)CCOc1ccc(S(=O)(=O)Nc2cccc(OC)c2)cc1. The molecule has 0 fully saturated rings. The number of methoxy groups -OCH3 is 2. The van der Waals surface area contributed by atoms with E-state index < -0.39 is 10.0 Å². The Labute approximate surface area is 146 Å². The summed E-state index contributed by atoms with van der Waals surface area (Å²) in [6.07, 6.45) is 0.119. The molecule has 0 bridgehead atoms. The lowest BCUT2D eigenvalue weighted by Gasteiger charge is -2.10. The van der Waals surface area contributed by atoms with Gasteiger partial charge in [0.2, 0.25) is 0 Å². The van der Waals surface area contributed by atoms with Gasteiger partial charge in [-0.3, -0.25) is 9.52 Å². The first kappa shape index (κ1) is 18.6. The third-order valence-corrected chi connectivity index (χ3v) is 4.66. The molecule has 0 saturated heterocycles. The molecule has 2 aromatic rings. The maximum Gasteiger partial charge on any atom is 0.308 e. The molecule has 0 unspecified atom stereocenters. The summed E-state index contributed by atoms with van der Waals surface area (Å²) in [6.45, 7) is 0.154. The van der Waals surface area contributed by atoms with Crippen molar-refractivity contribution in [3.05, 3.63) is 48.5 Å². The van der Waals surface area contributed by atoms with Gasteiger partial charge in [-0.15, -0.1) is 0 Å². The molecule has 0 saturated carbocycles. The van der Waals surface area contributed by atoms with Crippen molar-refractivity contribution in [2.75, 3.05) is 25.5 Å².